The van der Waals surface area contributed by atoms with Crippen LogP contribution in [0.5, 0.6) is 0 Å². The molecule has 0 bridgehead atoms. The minimum absolute atomic E-state index is 0. The molecule has 25 heavy (non-hydrogen) atoms. The molecule has 11 heteroatoms. The Balaban J connectivity index is 0. The molecule has 1 N–H and O–H groups in total. The molecule has 0 aromatic carbocycles. The Morgan fingerprint density at radius 1 is 0.840 bits per heavy atom. The van der Waals surface area contributed by atoms with E-state index in [0.717, 1.165) is 27.7 Å². The maximum atomic E-state index is 11.3. The second-order valence-electron chi connectivity index (χ2n) is 4.73. The number of halogens is 1. The fourth-order valence-electron chi connectivity index (χ4n) is 1.73. The van der Waals surface area contributed by atoms with Crippen molar-refractivity contribution in [2.45, 2.75) is 52.1 Å². The van der Waals surface area contributed by atoms with Crippen molar-refractivity contribution in [3.05, 3.63) is 0 Å². The second kappa shape index (κ2) is 12.4. The molecule has 0 aromatic rings. The van der Waals surface area contributed by atoms with E-state index >= 15 is 0 Å². The molecule has 0 spiro atoms. The molecule has 0 saturated carbocycles. The van der Waals surface area contributed by atoms with Crippen LogP contribution in [0.1, 0.15) is 27.7 Å². The van der Waals surface area contributed by atoms with E-state index in [-0.39, 0.29) is 23.3 Å². The van der Waals surface area contributed by atoms with E-state index in [2.05, 4.69) is 4.74 Å². The predicted octanol–water partition coefficient (Wildman–Crippen LogP) is -0.518. The number of hydrogen-bond donors (Lipinski definition) is 1. The first-order valence-corrected chi connectivity index (χ1v) is 6.86. The summed E-state index contributed by atoms with van der Waals surface area (Å²) in [6.07, 6.45) is -6.36. The van der Waals surface area contributed by atoms with Gasteiger partial charge in [-0.05, 0) is 0 Å². The second-order valence-corrected chi connectivity index (χ2v) is 4.73. The van der Waals surface area contributed by atoms with Gasteiger partial charge in [0.1, 0.15) is 12.7 Å². The summed E-state index contributed by atoms with van der Waals surface area (Å²) >= 11 is 0. The molecule has 0 rings (SSSR count). The summed E-state index contributed by atoms with van der Waals surface area (Å²) in [4.78, 5) is 55.6. The number of esters is 4. The summed E-state index contributed by atoms with van der Waals surface area (Å²) in [5, 5.41) is 10.1. The predicted molar refractivity (Wildman–Crippen MR) is 85.7 cm³/mol. The normalized spacial score (nSPS) is 14.6. The Morgan fingerprint density at radius 2 is 1.28 bits per heavy atom. The van der Waals surface area contributed by atoms with Gasteiger partial charge >= 0.3 is 23.9 Å². The van der Waals surface area contributed by atoms with Gasteiger partial charge in [0.15, 0.2) is 24.6 Å². The molecule has 0 aliphatic heterocycles. The van der Waals surface area contributed by atoms with Gasteiger partial charge in [0.25, 0.3) is 0 Å². The Hall–Kier alpha value is -2.01. The highest BCUT2D eigenvalue weighted by Crippen LogP contribution is 2.17. The number of aliphatic hydroxyl groups excluding tert-OH is 1. The van der Waals surface area contributed by atoms with E-state index < -0.39 is 54.9 Å². The molecule has 0 aliphatic rings. The lowest BCUT2D eigenvalue weighted by Crippen LogP contribution is -2.52. The van der Waals surface area contributed by atoms with Crippen LogP contribution in [0.3, 0.4) is 0 Å². The third kappa shape index (κ3) is 10.5. The molecule has 4 atom stereocenters. The van der Waals surface area contributed by atoms with Crippen LogP contribution in [0.15, 0.2) is 0 Å². The van der Waals surface area contributed by atoms with Crippen LogP contribution in [0.25, 0.3) is 0 Å². The van der Waals surface area contributed by atoms with Crippen LogP contribution in [-0.2, 0) is 42.9 Å². The molecule has 0 aliphatic carbocycles. The number of hydrogen-bond acceptors (Lipinski definition) is 10. The first kappa shape index (κ1) is 25.2. The molecule has 0 radical (unpaired) electrons. The highest BCUT2D eigenvalue weighted by atomic mass is 79.9. The van der Waals surface area contributed by atoms with E-state index in [4.69, 9.17) is 14.2 Å². The summed E-state index contributed by atoms with van der Waals surface area (Å²) in [6, 6.07) is 0. The maximum Gasteiger partial charge on any atom is 0.303 e. The summed E-state index contributed by atoms with van der Waals surface area (Å²) in [5.74, 6) is -3.32. The third-order valence-electron chi connectivity index (χ3n) is 2.52. The average Bonchev–Trinajstić information content (AvgIpc) is 2.45. The lowest BCUT2D eigenvalue weighted by atomic mass is 10.0. The van der Waals surface area contributed by atoms with Crippen LogP contribution < -0.4 is 0 Å². The smallest absolute Gasteiger partial charge is 0.303 e. The zero-order valence-electron chi connectivity index (χ0n) is 14.1. The summed E-state index contributed by atoms with van der Waals surface area (Å²) in [5.41, 5.74) is 0. The minimum atomic E-state index is -1.64. The van der Waals surface area contributed by atoms with Crippen molar-refractivity contribution in [2.24, 2.45) is 0 Å². The van der Waals surface area contributed by atoms with Gasteiger partial charge in [-0.1, -0.05) is 0 Å². The highest BCUT2D eigenvalue weighted by molar-refractivity contribution is 8.93. The molecule has 0 heterocycles. The quantitative estimate of drug-likeness (QED) is 0.289. The number of aldehydes is 1. The molecular formula is C14H21BrO10. The van der Waals surface area contributed by atoms with Gasteiger partial charge in [0.05, 0.1) is 0 Å². The number of carbonyl (C=O) groups is 5. The Bertz CT molecular complexity index is 492. The third-order valence-corrected chi connectivity index (χ3v) is 2.52. The molecule has 10 nitrogen and oxygen atoms in total. The zero-order chi connectivity index (χ0) is 18.9. The monoisotopic (exact) mass is 428 g/mol. The molecule has 0 aromatic heterocycles. The molecule has 144 valence electrons. The average molecular weight is 429 g/mol. The minimum Gasteiger partial charge on any atom is -0.463 e. The Kier molecular flexibility index (Phi) is 12.5. The van der Waals surface area contributed by atoms with Crippen molar-refractivity contribution in [3.8, 4) is 0 Å². The van der Waals surface area contributed by atoms with Crippen LogP contribution in [0.4, 0.5) is 0 Å². The maximum absolute atomic E-state index is 11.3. The van der Waals surface area contributed by atoms with Crippen molar-refractivity contribution in [3.63, 3.8) is 0 Å². The van der Waals surface area contributed by atoms with Gasteiger partial charge in [-0.15, -0.1) is 17.0 Å². The summed E-state index contributed by atoms with van der Waals surface area (Å²) in [7, 11) is 0. The Morgan fingerprint density at radius 3 is 1.64 bits per heavy atom. The number of rotatable bonds is 9. The SMILES string of the molecule is Br.CC(=O)OC[C@@H](O)[C@@H](OC(C)=O)[C@H](OC(C)=O)[C@H](C=O)OC(C)=O. The van der Waals surface area contributed by atoms with Gasteiger partial charge in [-0.3, -0.25) is 24.0 Å². The van der Waals surface area contributed by atoms with Crippen molar-refractivity contribution in [1.29, 1.82) is 0 Å². The van der Waals surface area contributed by atoms with Crippen LogP contribution >= 0.6 is 17.0 Å². The van der Waals surface area contributed by atoms with Gasteiger partial charge in [0.2, 0.25) is 0 Å². The number of ether oxygens (including phenoxy) is 4. The van der Waals surface area contributed by atoms with Crippen LogP contribution in [-0.4, -0.2) is 66.3 Å². The van der Waals surface area contributed by atoms with Gasteiger partial charge in [-0.2, -0.15) is 0 Å². The molecule has 0 unspecified atom stereocenters. The van der Waals surface area contributed by atoms with Crippen LogP contribution in [0.2, 0.25) is 0 Å². The standard InChI is InChI=1S/C14H20O10.BrH/c1-7(16)21-6-11(20)13(23-9(3)18)14(24-10(4)19)12(5-15)22-8(2)17;/h5,11-14,20H,6H2,1-4H3;1H/t11-,12+,13-,14-;/m1./s1. The topological polar surface area (TPSA) is 143 Å². The summed E-state index contributed by atoms with van der Waals surface area (Å²) in [6.45, 7) is 3.52. The van der Waals surface area contributed by atoms with Crippen molar-refractivity contribution >= 4 is 47.1 Å². The van der Waals surface area contributed by atoms with Crippen molar-refractivity contribution < 1.29 is 48.0 Å². The van der Waals surface area contributed by atoms with Crippen molar-refractivity contribution in [2.75, 3.05) is 6.61 Å². The van der Waals surface area contributed by atoms with E-state index in [1.807, 2.05) is 0 Å². The first-order valence-electron chi connectivity index (χ1n) is 6.86. The number of carbonyl (C=O) groups excluding carboxylic acids is 5. The fourth-order valence-corrected chi connectivity index (χ4v) is 1.73. The molecular weight excluding hydrogens is 408 g/mol. The van der Waals surface area contributed by atoms with Gasteiger partial charge < -0.3 is 24.1 Å². The lowest BCUT2D eigenvalue weighted by molar-refractivity contribution is -0.195. The van der Waals surface area contributed by atoms with E-state index in [0.29, 0.717) is 0 Å². The largest absolute Gasteiger partial charge is 0.463 e. The highest BCUT2D eigenvalue weighted by Gasteiger charge is 2.41. The Labute approximate surface area is 154 Å². The van der Waals surface area contributed by atoms with E-state index in [1.165, 1.54) is 0 Å². The molecule has 0 saturated heterocycles. The first-order chi connectivity index (χ1) is 11.1. The molecule has 0 fully saturated rings. The van der Waals surface area contributed by atoms with Gasteiger partial charge in [-0.25, -0.2) is 0 Å². The van der Waals surface area contributed by atoms with Gasteiger partial charge in [0, 0.05) is 27.7 Å². The zero-order valence-corrected chi connectivity index (χ0v) is 15.8. The summed E-state index contributed by atoms with van der Waals surface area (Å²) < 4.78 is 19.0. The van der Waals surface area contributed by atoms with Crippen molar-refractivity contribution in [1.82, 2.24) is 0 Å². The number of aliphatic hydroxyl groups is 1. The fraction of sp³-hybridized carbons (Fsp3) is 0.643. The van der Waals surface area contributed by atoms with Crippen LogP contribution in [0, 0.1) is 0 Å². The van der Waals surface area contributed by atoms with E-state index in [1.54, 1.807) is 0 Å². The lowest BCUT2D eigenvalue weighted by Gasteiger charge is -2.31. The molecule has 0 amide bonds. The van der Waals surface area contributed by atoms with E-state index in [9.17, 15) is 29.1 Å².